The number of allylic oxidation sites excluding steroid dienone is 1. The molecule has 9 heteroatoms. The first-order valence-electron chi connectivity index (χ1n) is 11.9. The van der Waals surface area contributed by atoms with E-state index in [0.717, 1.165) is 70.4 Å². The summed E-state index contributed by atoms with van der Waals surface area (Å²) in [5.74, 6) is -1.14. The number of carbonyl (C=O) groups excluding carboxylic acids is 1. The van der Waals surface area contributed by atoms with Crippen LogP contribution in [0.1, 0.15) is 51.4 Å². The molecule has 1 aromatic rings. The summed E-state index contributed by atoms with van der Waals surface area (Å²) in [5.41, 5.74) is 2.33. The molecule has 1 aromatic carbocycles. The molecule has 2 saturated carbocycles. The van der Waals surface area contributed by atoms with E-state index in [2.05, 4.69) is 15.1 Å². The first-order valence-corrected chi connectivity index (χ1v) is 11.9. The maximum Gasteiger partial charge on any atom is 0.333 e. The lowest BCUT2D eigenvalue weighted by atomic mass is 9.84. The quantitative estimate of drug-likeness (QED) is 0.632. The van der Waals surface area contributed by atoms with Crippen molar-refractivity contribution in [3.63, 3.8) is 0 Å². The van der Waals surface area contributed by atoms with Crippen LogP contribution in [-0.4, -0.2) is 54.1 Å². The van der Waals surface area contributed by atoms with Crippen LogP contribution in [-0.2, 0) is 9.59 Å². The fourth-order valence-corrected chi connectivity index (χ4v) is 5.83. The Morgan fingerprint density at radius 1 is 1.00 bits per heavy atom. The number of amides is 1. The average Bonchev–Trinajstić information content (AvgIpc) is 3.35. The standard InChI is InChI=1S/C25H32FN3O3.2H2S/c26-18-2-5-19(6-3-18)28-11-13-29(14-12-28)20-4-1-17(15-20)23(30)27-22-7-8-25(9-10-25)16-21(22)24(31)32;;/h2-3,5-6,17,20H,1,4,7-16H2,(H,27,30)(H,31,32);2*1H2/t17-,20-;;/m0../s1. The van der Waals surface area contributed by atoms with E-state index in [9.17, 15) is 19.1 Å². The highest BCUT2D eigenvalue weighted by Crippen LogP contribution is 2.57. The predicted molar refractivity (Wildman–Crippen MR) is 140 cm³/mol. The zero-order valence-corrected chi connectivity index (χ0v) is 21.5. The first kappa shape index (κ1) is 26.9. The van der Waals surface area contributed by atoms with Crippen molar-refractivity contribution in [2.24, 2.45) is 11.3 Å². The lowest BCUT2D eigenvalue weighted by Gasteiger charge is -2.39. The number of halogens is 1. The van der Waals surface area contributed by atoms with Gasteiger partial charge in [0.05, 0.1) is 5.57 Å². The highest BCUT2D eigenvalue weighted by atomic mass is 32.1. The van der Waals surface area contributed by atoms with E-state index in [1.165, 1.54) is 12.1 Å². The van der Waals surface area contributed by atoms with E-state index in [-0.39, 0.29) is 50.0 Å². The Morgan fingerprint density at radius 2 is 1.68 bits per heavy atom. The Morgan fingerprint density at radius 3 is 2.29 bits per heavy atom. The van der Waals surface area contributed by atoms with Gasteiger partial charge in [0.1, 0.15) is 5.82 Å². The minimum Gasteiger partial charge on any atom is -0.478 e. The summed E-state index contributed by atoms with van der Waals surface area (Å²) in [6.07, 6.45) is 7.19. The zero-order chi connectivity index (χ0) is 22.3. The van der Waals surface area contributed by atoms with Gasteiger partial charge in [-0.2, -0.15) is 27.0 Å². The van der Waals surface area contributed by atoms with Crippen LogP contribution in [0.4, 0.5) is 10.1 Å². The molecular formula is C25H36FN3O3S2. The molecule has 188 valence electrons. The summed E-state index contributed by atoms with van der Waals surface area (Å²) < 4.78 is 13.2. The van der Waals surface area contributed by atoms with Crippen molar-refractivity contribution in [1.29, 1.82) is 0 Å². The van der Waals surface area contributed by atoms with Gasteiger partial charge in [0.2, 0.25) is 5.91 Å². The third kappa shape index (κ3) is 5.74. The van der Waals surface area contributed by atoms with Gasteiger partial charge in [-0.1, -0.05) is 0 Å². The number of rotatable bonds is 5. The lowest BCUT2D eigenvalue weighted by molar-refractivity contribution is -0.133. The van der Waals surface area contributed by atoms with Crippen molar-refractivity contribution in [3.8, 4) is 0 Å². The molecule has 2 atom stereocenters. The van der Waals surface area contributed by atoms with Crippen LogP contribution in [0.25, 0.3) is 0 Å². The minimum absolute atomic E-state index is 0. The van der Waals surface area contributed by atoms with Gasteiger partial charge in [0, 0.05) is 49.5 Å². The van der Waals surface area contributed by atoms with Crippen LogP contribution in [0.3, 0.4) is 0 Å². The molecule has 1 heterocycles. The minimum atomic E-state index is -0.880. The van der Waals surface area contributed by atoms with Gasteiger partial charge in [0.25, 0.3) is 0 Å². The molecule has 1 aliphatic heterocycles. The number of carboxylic acid groups (broad SMARTS) is 1. The van der Waals surface area contributed by atoms with Crippen molar-refractivity contribution in [2.75, 3.05) is 31.1 Å². The van der Waals surface area contributed by atoms with Crippen molar-refractivity contribution >= 4 is 44.6 Å². The van der Waals surface area contributed by atoms with Gasteiger partial charge in [-0.15, -0.1) is 0 Å². The van der Waals surface area contributed by atoms with Crippen molar-refractivity contribution in [1.82, 2.24) is 10.2 Å². The molecule has 1 amide bonds. The van der Waals surface area contributed by atoms with E-state index >= 15 is 0 Å². The normalized spacial score (nSPS) is 26.0. The van der Waals surface area contributed by atoms with E-state index in [1.807, 2.05) is 12.1 Å². The highest BCUT2D eigenvalue weighted by molar-refractivity contribution is 7.59. The maximum atomic E-state index is 13.2. The maximum absolute atomic E-state index is 13.2. The molecule has 0 radical (unpaired) electrons. The number of benzene rings is 1. The van der Waals surface area contributed by atoms with Gasteiger partial charge in [-0.3, -0.25) is 9.69 Å². The second kappa shape index (κ2) is 10.9. The number of hydrogen-bond acceptors (Lipinski definition) is 4. The molecular weight excluding hydrogens is 473 g/mol. The zero-order valence-electron chi connectivity index (χ0n) is 19.5. The number of aliphatic carboxylic acids is 1. The van der Waals surface area contributed by atoms with Crippen LogP contribution in [0.5, 0.6) is 0 Å². The topological polar surface area (TPSA) is 72.9 Å². The Hall–Kier alpha value is -1.71. The molecule has 1 spiro atoms. The Kier molecular flexibility index (Phi) is 8.63. The summed E-state index contributed by atoms with van der Waals surface area (Å²) in [7, 11) is 0. The molecule has 0 bridgehead atoms. The molecule has 6 nitrogen and oxygen atoms in total. The van der Waals surface area contributed by atoms with E-state index in [0.29, 0.717) is 30.2 Å². The fourth-order valence-electron chi connectivity index (χ4n) is 5.83. The largest absolute Gasteiger partial charge is 0.478 e. The molecule has 1 saturated heterocycles. The summed E-state index contributed by atoms with van der Waals surface area (Å²) in [5, 5.41) is 12.7. The molecule has 2 N–H and O–H groups in total. The number of anilines is 1. The third-order valence-electron chi connectivity index (χ3n) is 8.11. The van der Waals surface area contributed by atoms with E-state index in [4.69, 9.17) is 0 Å². The molecule has 3 aliphatic carbocycles. The monoisotopic (exact) mass is 509 g/mol. The van der Waals surface area contributed by atoms with Gasteiger partial charge in [0.15, 0.2) is 0 Å². The van der Waals surface area contributed by atoms with Gasteiger partial charge < -0.3 is 15.3 Å². The Balaban J connectivity index is 0.00000162. The van der Waals surface area contributed by atoms with Crippen LogP contribution >= 0.6 is 27.0 Å². The fraction of sp³-hybridized carbons (Fsp3) is 0.600. The van der Waals surface area contributed by atoms with E-state index in [1.54, 1.807) is 0 Å². The summed E-state index contributed by atoms with van der Waals surface area (Å²) in [4.78, 5) is 29.5. The van der Waals surface area contributed by atoms with Crippen molar-refractivity contribution < 1.29 is 19.1 Å². The van der Waals surface area contributed by atoms with Gasteiger partial charge in [-0.25, -0.2) is 9.18 Å². The van der Waals surface area contributed by atoms with Crippen molar-refractivity contribution in [2.45, 2.75) is 57.4 Å². The molecule has 34 heavy (non-hydrogen) atoms. The molecule has 4 aliphatic rings. The van der Waals surface area contributed by atoms with Crippen LogP contribution in [0.15, 0.2) is 35.5 Å². The second-order valence-corrected chi connectivity index (χ2v) is 10.1. The molecule has 0 unspecified atom stereocenters. The van der Waals surface area contributed by atoms with Crippen LogP contribution in [0, 0.1) is 17.2 Å². The SMILES string of the molecule is O=C(O)C1=C(NC(=O)[C@H]2CC[C@H](N3CCN(c4ccc(F)cc4)CC3)C2)CCC2(CC2)C1.S.S. The number of hydrogen-bond donors (Lipinski definition) is 2. The summed E-state index contributed by atoms with van der Waals surface area (Å²) >= 11 is 0. The lowest BCUT2D eigenvalue weighted by Crippen LogP contribution is -2.50. The summed E-state index contributed by atoms with van der Waals surface area (Å²) in [6.45, 7) is 3.67. The molecule has 5 rings (SSSR count). The smallest absolute Gasteiger partial charge is 0.333 e. The van der Waals surface area contributed by atoms with E-state index < -0.39 is 5.97 Å². The van der Waals surface area contributed by atoms with Crippen LogP contribution in [0.2, 0.25) is 0 Å². The Bertz CT molecular complexity index is 928. The first-order chi connectivity index (χ1) is 15.4. The number of piperazine rings is 1. The highest BCUT2D eigenvalue weighted by Gasteiger charge is 2.47. The average molecular weight is 510 g/mol. The third-order valence-corrected chi connectivity index (χ3v) is 8.11. The molecule has 3 fully saturated rings. The van der Waals surface area contributed by atoms with Crippen molar-refractivity contribution in [3.05, 3.63) is 41.4 Å². The number of nitrogens with zero attached hydrogens (tertiary/aromatic N) is 2. The Labute approximate surface area is 214 Å². The van der Waals surface area contributed by atoms with Gasteiger partial charge in [-0.05, 0) is 81.0 Å². The second-order valence-electron chi connectivity index (χ2n) is 10.1. The predicted octanol–water partition coefficient (Wildman–Crippen LogP) is 3.76. The van der Waals surface area contributed by atoms with Gasteiger partial charge >= 0.3 is 5.97 Å². The number of nitrogens with one attached hydrogen (secondary N) is 1. The summed E-state index contributed by atoms with van der Waals surface area (Å²) in [6, 6.07) is 7.07. The molecule has 0 aromatic heterocycles. The van der Waals surface area contributed by atoms with Crippen LogP contribution < -0.4 is 10.2 Å². The number of carboxylic acids is 1. The number of carbonyl (C=O) groups is 2.